The van der Waals surface area contributed by atoms with Crippen LogP contribution in [0.5, 0.6) is 0 Å². The maximum Gasteiger partial charge on any atom is 0.128 e. The van der Waals surface area contributed by atoms with Gasteiger partial charge in [0.2, 0.25) is 0 Å². The predicted octanol–water partition coefficient (Wildman–Crippen LogP) is 1.98. The lowest BCUT2D eigenvalue weighted by Gasteiger charge is -2.35. The number of aromatic nitrogens is 1. The van der Waals surface area contributed by atoms with Crippen molar-refractivity contribution in [3.63, 3.8) is 0 Å². The van der Waals surface area contributed by atoms with Crippen LogP contribution in [0.15, 0.2) is 18.3 Å². The first-order chi connectivity index (χ1) is 8.79. The van der Waals surface area contributed by atoms with Crippen molar-refractivity contribution in [1.29, 1.82) is 0 Å². The highest BCUT2D eigenvalue weighted by Crippen LogP contribution is 2.14. The van der Waals surface area contributed by atoms with Gasteiger partial charge in [0, 0.05) is 26.2 Å². The van der Waals surface area contributed by atoms with Crippen molar-refractivity contribution in [2.75, 3.05) is 43.4 Å². The number of piperazine rings is 1. The van der Waals surface area contributed by atoms with E-state index >= 15 is 0 Å². The number of hydrogen-bond acceptors (Lipinski definition) is 4. The largest absolute Gasteiger partial charge is 0.397 e. The third kappa shape index (κ3) is 3.60. The summed E-state index contributed by atoms with van der Waals surface area (Å²) >= 11 is 0. The van der Waals surface area contributed by atoms with Gasteiger partial charge in [-0.25, -0.2) is 4.98 Å². The molecule has 1 aliphatic heterocycles. The number of unbranched alkanes of at least 4 members (excludes halogenated alkanes) is 2. The Morgan fingerprint density at radius 1 is 1.17 bits per heavy atom. The lowest BCUT2D eigenvalue weighted by Crippen LogP contribution is -2.46. The predicted molar refractivity (Wildman–Crippen MR) is 76.8 cm³/mol. The van der Waals surface area contributed by atoms with Crippen LogP contribution >= 0.6 is 0 Å². The maximum absolute atomic E-state index is 5.66. The van der Waals surface area contributed by atoms with Crippen LogP contribution in [0.3, 0.4) is 0 Å². The van der Waals surface area contributed by atoms with Crippen molar-refractivity contribution in [3.8, 4) is 0 Å². The molecule has 1 aromatic rings. The molecule has 2 N–H and O–H groups in total. The fraction of sp³-hybridized carbons (Fsp3) is 0.643. The number of nitrogen functional groups attached to an aromatic ring is 1. The van der Waals surface area contributed by atoms with Crippen LogP contribution in [0.1, 0.15) is 26.2 Å². The molecule has 0 amide bonds. The molecule has 0 aliphatic carbocycles. The van der Waals surface area contributed by atoms with Crippen molar-refractivity contribution in [3.05, 3.63) is 18.3 Å². The number of anilines is 2. The van der Waals surface area contributed by atoms with Crippen molar-refractivity contribution in [1.82, 2.24) is 9.88 Å². The molecule has 0 radical (unpaired) electrons. The van der Waals surface area contributed by atoms with E-state index in [0.29, 0.717) is 0 Å². The summed E-state index contributed by atoms with van der Waals surface area (Å²) in [6.07, 6.45) is 5.72. The van der Waals surface area contributed by atoms with Crippen LogP contribution in [0.2, 0.25) is 0 Å². The molecule has 0 saturated carbocycles. The Morgan fingerprint density at radius 3 is 2.56 bits per heavy atom. The molecule has 1 aromatic heterocycles. The number of nitrogens with two attached hydrogens (primary N) is 1. The van der Waals surface area contributed by atoms with Gasteiger partial charge in [-0.05, 0) is 25.1 Å². The Balaban J connectivity index is 1.77. The van der Waals surface area contributed by atoms with E-state index in [4.69, 9.17) is 5.73 Å². The van der Waals surface area contributed by atoms with E-state index in [1.54, 1.807) is 6.20 Å². The number of nitrogens with zero attached hydrogens (tertiary/aromatic N) is 3. The average molecular weight is 248 g/mol. The molecule has 100 valence electrons. The fourth-order valence-corrected chi connectivity index (χ4v) is 2.37. The molecule has 4 heteroatoms. The highest BCUT2D eigenvalue weighted by molar-refractivity contribution is 5.46. The van der Waals surface area contributed by atoms with Crippen LogP contribution in [0.4, 0.5) is 11.5 Å². The molecule has 0 spiro atoms. The van der Waals surface area contributed by atoms with E-state index in [9.17, 15) is 0 Å². The minimum Gasteiger partial charge on any atom is -0.397 e. The van der Waals surface area contributed by atoms with Crippen LogP contribution in [0.25, 0.3) is 0 Å². The maximum atomic E-state index is 5.66. The summed E-state index contributed by atoms with van der Waals surface area (Å²) in [5, 5.41) is 0. The van der Waals surface area contributed by atoms with Crippen LogP contribution in [0, 0.1) is 0 Å². The molecule has 18 heavy (non-hydrogen) atoms. The normalized spacial score (nSPS) is 17.1. The second-order valence-corrected chi connectivity index (χ2v) is 4.99. The molecule has 1 saturated heterocycles. The summed E-state index contributed by atoms with van der Waals surface area (Å²) in [4.78, 5) is 9.29. The molecule has 2 rings (SSSR count). The first-order valence-electron chi connectivity index (χ1n) is 6.98. The van der Waals surface area contributed by atoms with Gasteiger partial charge >= 0.3 is 0 Å². The number of pyridine rings is 1. The van der Waals surface area contributed by atoms with Crippen molar-refractivity contribution < 1.29 is 0 Å². The van der Waals surface area contributed by atoms with Gasteiger partial charge in [0.1, 0.15) is 5.82 Å². The Morgan fingerprint density at radius 2 is 1.94 bits per heavy atom. The first-order valence-corrected chi connectivity index (χ1v) is 6.98. The number of hydrogen-bond donors (Lipinski definition) is 1. The Bertz CT molecular complexity index is 341. The molecular formula is C14H24N4. The standard InChI is InChI=1S/C14H24N4/c1-2-3-4-7-17-8-10-18(11-9-17)14-6-5-13(15)12-16-14/h5-6,12H,2-4,7-11,15H2,1H3. The Labute approximate surface area is 110 Å². The summed E-state index contributed by atoms with van der Waals surface area (Å²) in [5.41, 5.74) is 6.39. The van der Waals surface area contributed by atoms with Gasteiger partial charge in [-0.2, -0.15) is 0 Å². The molecular weight excluding hydrogens is 224 g/mol. The molecule has 1 aliphatic rings. The molecule has 1 fully saturated rings. The number of rotatable bonds is 5. The van der Waals surface area contributed by atoms with E-state index in [1.807, 2.05) is 12.1 Å². The van der Waals surface area contributed by atoms with Crippen LogP contribution in [-0.2, 0) is 0 Å². The summed E-state index contributed by atoms with van der Waals surface area (Å²) in [5.74, 6) is 1.05. The molecule has 0 bridgehead atoms. The van der Waals surface area contributed by atoms with Gasteiger partial charge in [-0.3, -0.25) is 4.90 Å². The first kappa shape index (κ1) is 13.1. The second kappa shape index (κ2) is 6.59. The van der Waals surface area contributed by atoms with E-state index in [2.05, 4.69) is 21.7 Å². The van der Waals surface area contributed by atoms with Crippen LogP contribution in [-0.4, -0.2) is 42.6 Å². The van der Waals surface area contributed by atoms with Crippen molar-refractivity contribution in [2.45, 2.75) is 26.2 Å². The third-order valence-corrected chi connectivity index (χ3v) is 3.54. The lowest BCUT2D eigenvalue weighted by molar-refractivity contribution is 0.252. The minimum atomic E-state index is 0.733. The average Bonchev–Trinajstić information content (AvgIpc) is 2.41. The Kier molecular flexibility index (Phi) is 4.81. The van der Waals surface area contributed by atoms with Crippen molar-refractivity contribution in [2.24, 2.45) is 0 Å². The smallest absolute Gasteiger partial charge is 0.128 e. The summed E-state index contributed by atoms with van der Waals surface area (Å²) in [7, 11) is 0. The summed E-state index contributed by atoms with van der Waals surface area (Å²) in [6, 6.07) is 3.94. The van der Waals surface area contributed by atoms with E-state index in [-0.39, 0.29) is 0 Å². The van der Waals surface area contributed by atoms with Gasteiger partial charge in [0.05, 0.1) is 11.9 Å². The zero-order chi connectivity index (χ0) is 12.8. The zero-order valence-corrected chi connectivity index (χ0v) is 11.3. The minimum absolute atomic E-state index is 0.733. The molecule has 0 atom stereocenters. The summed E-state index contributed by atoms with van der Waals surface area (Å²) in [6.45, 7) is 7.94. The second-order valence-electron chi connectivity index (χ2n) is 4.99. The van der Waals surface area contributed by atoms with Crippen molar-refractivity contribution >= 4 is 11.5 Å². The third-order valence-electron chi connectivity index (χ3n) is 3.54. The molecule has 0 aromatic carbocycles. The van der Waals surface area contributed by atoms with Gasteiger partial charge in [0.25, 0.3) is 0 Å². The SMILES string of the molecule is CCCCCN1CCN(c2ccc(N)cn2)CC1. The van der Waals surface area contributed by atoms with E-state index < -0.39 is 0 Å². The lowest BCUT2D eigenvalue weighted by atomic mass is 10.2. The van der Waals surface area contributed by atoms with Gasteiger partial charge in [-0.1, -0.05) is 19.8 Å². The van der Waals surface area contributed by atoms with Gasteiger partial charge < -0.3 is 10.6 Å². The van der Waals surface area contributed by atoms with E-state index in [0.717, 1.165) is 37.7 Å². The highest BCUT2D eigenvalue weighted by atomic mass is 15.3. The quantitative estimate of drug-likeness (QED) is 0.809. The molecule has 4 nitrogen and oxygen atoms in total. The van der Waals surface area contributed by atoms with E-state index in [1.165, 1.54) is 25.8 Å². The van der Waals surface area contributed by atoms with Gasteiger partial charge in [0.15, 0.2) is 0 Å². The highest BCUT2D eigenvalue weighted by Gasteiger charge is 2.17. The van der Waals surface area contributed by atoms with Gasteiger partial charge in [-0.15, -0.1) is 0 Å². The Hall–Kier alpha value is -1.29. The topological polar surface area (TPSA) is 45.4 Å². The molecule has 2 heterocycles. The monoisotopic (exact) mass is 248 g/mol. The summed E-state index contributed by atoms with van der Waals surface area (Å²) < 4.78 is 0. The van der Waals surface area contributed by atoms with Crippen LogP contribution < -0.4 is 10.6 Å². The molecule has 0 unspecified atom stereocenters. The zero-order valence-electron chi connectivity index (χ0n) is 11.3. The fourth-order valence-electron chi connectivity index (χ4n) is 2.37.